The molecule has 3 aliphatic rings. The molecule has 1 heterocycles. The second-order valence-corrected chi connectivity index (χ2v) is 9.28. The Hall–Kier alpha value is -0.520. The molecule has 0 aromatic rings. The average molecular weight is 466 g/mol. The Bertz CT molecular complexity index is 606. The molecule has 3 rings (SSSR count). The zero-order valence-electron chi connectivity index (χ0n) is 18.0. The van der Waals surface area contributed by atoms with Gasteiger partial charge in [-0.05, 0) is 31.7 Å². The van der Waals surface area contributed by atoms with Crippen molar-refractivity contribution in [3.8, 4) is 0 Å². The maximum Gasteiger partial charge on any atom is 0.176 e. The monoisotopic (exact) mass is 465 g/mol. The second-order valence-electron chi connectivity index (χ2n) is 9.28. The number of aliphatic hydroxyl groups is 5. The molecule has 32 heavy (non-hydrogen) atoms. The first-order valence-electron chi connectivity index (χ1n) is 11.1. The van der Waals surface area contributed by atoms with E-state index in [1.807, 2.05) is 0 Å². The lowest BCUT2D eigenvalue weighted by atomic mass is 9.80. The average Bonchev–Trinajstić information content (AvgIpc) is 2.75. The van der Waals surface area contributed by atoms with Gasteiger partial charge < -0.3 is 68.4 Å². The molecular formula is C19H39N5O8. The van der Waals surface area contributed by atoms with Crippen LogP contribution in [0.3, 0.4) is 0 Å². The molecule has 3 fully saturated rings. The van der Waals surface area contributed by atoms with Gasteiger partial charge in [0.15, 0.2) is 6.29 Å². The molecule has 2 saturated carbocycles. The van der Waals surface area contributed by atoms with Crippen LogP contribution < -0.4 is 28.7 Å². The fourth-order valence-electron chi connectivity index (χ4n) is 4.88. The van der Waals surface area contributed by atoms with E-state index in [0.29, 0.717) is 12.8 Å². The highest BCUT2D eigenvalue weighted by atomic mass is 16.7. The van der Waals surface area contributed by atoms with Crippen LogP contribution >= 0.6 is 0 Å². The summed E-state index contributed by atoms with van der Waals surface area (Å²) in [5.74, 6) is -0.178. The summed E-state index contributed by atoms with van der Waals surface area (Å²) in [4.78, 5) is 0. The van der Waals surface area contributed by atoms with Crippen molar-refractivity contribution < 1.29 is 39.7 Å². The fraction of sp³-hybridized carbons (Fsp3) is 1.00. The lowest BCUT2D eigenvalue weighted by Gasteiger charge is -2.48. The first kappa shape index (κ1) is 26.1. The minimum absolute atomic E-state index is 0.178. The van der Waals surface area contributed by atoms with Gasteiger partial charge in [0.25, 0.3) is 0 Å². The summed E-state index contributed by atoms with van der Waals surface area (Å²) in [7, 11) is 0. The number of ether oxygens (including phenoxy) is 3. The van der Waals surface area contributed by atoms with E-state index in [1.54, 1.807) is 0 Å². The van der Waals surface area contributed by atoms with Crippen LogP contribution in [0.4, 0.5) is 0 Å². The molecule has 0 radical (unpaired) electrons. The molecule has 15 N–H and O–H groups in total. The van der Waals surface area contributed by atoms with Gasteiger partial charge >= 0.3 is 0 Å². The summed E-state index contributed by atoms with van der Waals surface area (Å²) in [6.45, 7) is -0.283. The van der Waals surface area contributed by atoms with Gasteiger partial charge in [0.1, 0.15) is 36.6 Å². The van der Waals surface area contributed by atoms with Crippen LogP contribution in [0.15, 0.2) is 0 Å². The number of hydrogen-bond acceptors (Lipinski definition) is 13. The van der Waals surface area contributed by atoms with Crippen LogP contribution in [-0.2, 0) is 14.2 Å². The molecule has 14 unspecified atom stereocenters. The lowest BCUT2D eigenvalue weighted by molar-refractivity contribution is -0.296. The minimum atomic E-state index is -1.41. The first-order valence-corrected chi connectivity index (χ1v) is 11.1. The molecule has 0 aromatic heterocycles. The standard InChI is InChI=1S/C19H39N5O8/c20-4-6-1-11(7(21)3-10(6)26)30-17-8(22)2-9(23)18(16(17)29)32-19-13(24)15(28)14(27)12(5-25)31-19/h6-19,25-29H,1-5,20-24H2. The van der Waals surface area contributed by atoms with Gasteiger partial charge in [0, 0.05) is 18.1 Å². The van der Waals surface area contributed by atoms with E-state index in [-0.39, 0.29) is 18.9 Å². The second kappa shape index (κ2) is 10.8. The van der Waals surface area contributed by atoms with Crippen molar-refractivity contribution in [3.63, 3.8) is 0 Å². The summed E-state index contributed by atoms with van der Waals surface area (Å²) in [6, 6.07) is -2.89. The van der Waals surface area contributed by atoms with E-state index in [2.05, 4.69) is 0 Å². The van der Waals surface area contributed by atoms with Crippen molar-refractivity contribution in [3.05, 3.63) is 0 Å². The summed E-state index contributed by atoms with van der Waals surface area (Å²) in [6.07, 6.45) is -8.37. The highest BCUT2D eigenvalue weighted by Gasteiger charge is 2.49. The minimum Gasteiger partial charge on any atom is -0.394 e. The number of nitrogens with two attached hydrogens (primary N) is 5. The molecule has 0 spiro atoms. The van der Waals surface area contributed by atoms with E-state index < -0.39 is 85.9 Å². The summed E-state index contributed by atoms with van der Waals surface area (Å²) in [5, 5.41) is 50.7. The van der Waals surface area contributed by atoms with Gasteiger partial charge in [-0.2, -0.15) is 0 Å². The number of rotatable bonds is 6. The van der Waals surface area contributed by atoms with Crippen molar-refractivity contribution in [1.29, 1.82) is 0 Å². The predicted molar refractivity (Wildman–Crippen MR) is 112 cm³/mol. The Morgan fingerprint density at radius 2 is 1.41 bits per heavy atom. The van der Waals surface area contributed by atoms with Crippen LogP contribution in [-0.4, -0.2) is 118 Å². The zero-order chi connectivity index (χ0) is 23.7. The molecule has 0 amide bonds. The molecule has 13 nitrogen and oxygen atoms in total. The van der Waals surface area contributed by atoms with Crippen molar-refractivity contribution in [1.82, 2.24) is 0 Å². The molecule has 2 aliphatic carbocycles. The maximum absolute atomic E-state index is 11.0. The Labute approximate surface area is 186 Å². The van der Waals surface area contributed by atoms with Gasteiger partial charge in [0.05, 0.1) is 24.9 Å². The van der Waals surface area contributed by atoms with Crippen LogP contribution in [0.5, 0.6) is 0 Å². The molecule has 0 aromatic carbocycles. The highest BCUT2D eigenvalue weighted by Crippen LogP contribution is 2.32. The predicted octanol–water partition coefficient (Wildman–Crippen LogP) is -5.63. The van der Waals surface area contributed by atoms with E-state index in [0.717, 1.165) is 0 Å². The summed E-state index contributed by atoms with van der Waals surface area (Å²) in [5.41, 5.74) is 30.3. The number of aliphatic hydroxyl groups excluding tert-OH is 5. The highest BCUT2D eigenvalue weighted by molar-refractivity contribution is 5.01. The van der Waals surface area contributed by atoms with Crippen molar-refractivity contribution in [2.24, 2.45) is 34.6 Å². The third kappa shape index (κ3) is 5.25. The normalized spacial score (nSPS) is 52.7. The van der Waals surface area contributed by atoms with E-state index >= 15 is 0 Å². The summed E-state index contributed by atoms with van der Waals surface area (Å²) < 4.78 is 17.5. The molecule has 0 bridgehead atoms. The van der Waals surface area contributed by atoms with Crippen molar-refractivity contribution in [2.75, 3.05) is 13.2 Å². The zero-order valence-corrected chi connectivity index (χ0v) is 18.0. The van der Waals surface area contributed by atoms with Gasteiger partial charge in [-0.15, -0.1) is 0 Å². The van der Waals surface area contributed by atoms with Crippen molar-refractivity contribution in [2.45, 2.75) is 98.6 Å². The number of hydrogen-bond donors (Lipinski definition) is 10. The van der Waals surface area contributed by atoms with E-state index in [1.165, 1.54) is 0 Å². The van der Waals surface area contributed by atoms with Crippen LogP contribution in [0.2, 0.25) is 0 Å². The van der Waals surface area contributed by atoms with Crippen LogP contribution in [0, 0.1) is 5.92 Å². The fourth-order valence-corrected chi connectivity index (χ4v) is 4.88. The van der Waals surface area contributed by atoms with Crippen LogP contribution in [0.25, 0.3) is 0 Å². The summed E-state index contributed by atoms with van der Waals surface area (Å²) >= 11 is 0. The van der Waals surface area contributed by atoms with Crippen molar-refractivity contribution >= 4 is 0 Å². The Kier molecular flexibility index (Phi) is 8.82. The SMILES string of the molecule is NCC1CC(OC2C(N)CC(N)C(OC3OC(CO)C(O)C(O)C3N)C2O)C(N)CC1O. The third-order valence-electron chi connectivity index (χ3n) is 6.99. The third-order valence-corrected chi connectivity index (χ3v) is 6.99. The van der Waals surface area contributed by atoms with Gasteiger partial charge in [-0.3, -0.25) is 0 Å². The molecular weight excluding hydrogens is 426 g/mol. The van der Waals surface area contributed by atoms with Gasteiger partial charge in [-0.1, -0.05) is 0 Å². The van der Waals surface area contributed by atoms with Crippen LogP contribution in [0.1, 0.15) is 19.3 Å². The lowest BCUT2D eigenvalue weighted by Crippen LogP contribution is -2.68. The maximum atomic E-state index is 11.0. The Morgan fingerprint density at radius 3 is 2.00 bits per heavy atom. The molecule has 1 saturated heterocycles. The Morgan fingerprint density at radius 1 is 0.781 bits per heavy atom. The van der Waals surface area contributed by atoms with Gasteiger partial charge in [-0.25, -0.2) is 0 Å². The topological polar surface area (TPSA) is 259 Å². The van der Waals surface area contributed by atoms with E-state index in [4.69, 9.17) is 42.9 Å². The largest absolute Gasteiger partial charge is 0.394 e. The Balaban J connectivity index is 1.70. The molecule has 13 heteroatoms. The first-order chi connectivity index (χ1) is 15.1. The molecule has 188 valence electrons. The molecule has 14 atom stereocenters. The molecule has 1 aliphatic heterocycles. The smallest absolute Gasteiger partial charge is 0.176 e. The van der Waals surface area contributed by atoms with Gasteiger partial charge in [0.2, 0.25) is 0 Å². The van der Waals surface area contributed by atoms with E-state index in [9.17, 15) is 25.5 Å². The quantitative estimate of drug-likeness (QED) is 0.176.